The first-order valence-corrected chi connectivity index (χ1v) is 7.43. The van der Waals surface area contributed by atoms with E-state index in [9.17, 15) is 24.2 Å². The lowest BCUT2D eigenvalue weighted by molar-refractivity contribution is -0.149. The number of piperidine rings is 1. The van der Waals surface area contributed by atoms with Crippen LogP contribution in [0.15, 0.2) is 24.4 Å². The van der Waals surface area contributed by atoms with Crippen LogP contribution in [0.25, 0.3) is 10.9 Å². The Hall–Kier alpha value is -2.41. The van der Waals surface area contributed by atoms with E-state index in [1.54, 1.807) is 17.2 Å². The Kier molecular flexibility index (Phi) is 4.04. The molecule has 3 rings (SSSR count). The molecule has 2 aromatic rings. The molecule has 1 aromatic carbocycles. The zero-order valence-corrected chi connectivity index (χ0v) is 12.3. The minimum Gasteiger partial charge on any atom is -0.481 e. The minimum absolute atomic E-state index is 0.195. The third-order valence-corrected chi connectivity index (χ3v) is 4.37. The average molecular weight is 320 g/mol. The molecule has 6 nitrogen and oxygen atoms in total. The second-order valence-electron chi connectivity index (χ2n) is 5.85. The Morgan fingerprint density at radius 3 is 2.83 bits per heavy atom. The van der Waals surface area contributed by atoms with E-state index in [1.807, 2.05) is 0 Å². The summed E-state index contributed by atoms with van der Waals surface area (Å²) in [5.41, 5.74) is 1.05. The molecule has 0 saturated carbocycles. The van der Waals surface area contributed by atoms with E-state index in [-0.39, 0.29) is 6.54 Å². The van der Waals surface area contributed by atoms with E-state index in [2.05, 4.69) is 4.98 Å². The number of nitrogens with one attached hydrogen (secondary N) is 1. The van der Waals surface area contributed by atoms with Gasteiger partial charge in [-0.05, 0) is 37.6 Å². The SMILES string of the molecule is O=C(O)C1CCCN(C(C(=O)O)c2c[nH]c3cc(F)ccc23)C1. The molecule has 7 heteroatoms. The van der Waals surface area contributed by atoms with Gasteiger partial charge in [0.05, 0.1) is 5.92 Å². The molecule has 1 aliphatic heterocycles. The van der Waals surface area contributed by atoms with Crippen molar-refractivity contribution in [1.82, 2.24) is 9.88 Å². The van der Waals surface area contributed by atoms with Crippen LogP contribution in [-0.2, 0) is 9.59 Å². The maximum absolute atomic E-state index is 13.3. The molecule has 0 bridgehead atoms. The van der Waals surface area contributed by atoms with Gasteiger partial charge in [0.2, 0.25) is 0 Å². The zero-order chi connectivity index (χ0) is 16.6. The zero-order valence-electron chi connectivity index (χ0n) is 12.3. The lowest BCUT2D eigenvalue weighted by Crippen LogP contribution is -2.43. The lowest BCUT2D eigenvalue weighted by atomic mass is 9.94. The molecule has 122 valence electrons. The normalized spacial score (nSPS) is 20.5. The molecular weight excluding hydrogens is 303 g/mol. The van der Waals surface area contributed by atoms with Crippen LogP contribution in [-0.4, -0.2) is 45.1 Å². The van der Waals surface area contributed by atoms with Crippen LogP contribution < -0.4 is 0 Å². The van der Waals surface area contributed by atoms with Gasteiger partial charge in [-0.15, -0.1) is 0 Å². The van der Waals surface area contributed by atoms with Gasteiger partial charge in [0.25, 0.3) is 0 Å². The van der Waals surface area contributed by atoms with Crippen molar-refractivity contribution in [2.75, 3.05) is 13.1 Å². The number of aliphatic carboxylic acids is 2. The number of carboxylic acid groups (broad SMARTS) is 2. The number of aromatic nitrogens is 1. The van der Waals surface area contributed by atoms with E-state index in [0.717, 1.165) is 0 Å². The van der Waals surface area contributed by atoms with E-state index in [4.69, 9.17) is 0 Å². The van der Waals surface area contributed by atoms with E-state index < -0.39 is 29.7 Å². The van der Waals surface area contributed by atoms with E-state index in [0.29, 0.717) is 35.9 Å². The van der Waals surface area contributed by atoms with Crippen molar-refractivity contribution in [3.8, 4) is 0 Å². The molecule has 0 amide bonds. The fourth-order valence-electron chi connectivity index (χ4n) is 3.28. The second kappa shape index (κ2) is 6.00. The van der Waals surface area contributed by atoms with Crippen molar-refractivity contribution in [2.24, 2.45) is 5.92 Å². The van der Waals surface area contributed by atoms with Crippen molar-refractivity contribution >= 4 is 22.8 Å². The van der Waals surface area contributed by atoms with Gasteiger partial charge >= 0.3 is 11.9 Å². The molecular formula is C16H17FN2O4. The van der Waals surface area contributed by atoms with Crippen molar-refractivity contribution in [3.63, 3.8) is 0 Å². The van der Waals surface area contributed by atoms with E-state index in [1.165, 1.54) is 12.1 Å². The van der Waals surface area contributed by atoms with Crippen LogP contribution in [0.2, 0.25) is 0 Å². The standard InChI is InChI=1S/C16H17FN2O4/c17-10-3-4-11-12(7-18-13(11)6-10)14(16(22)23)19-5-1-2-9(8-19)15(20)21/h3-4,6-7,9,14,18H,1-2,5,8H2,(H,20,21)(H,22,23). The Labute approximate surface area is 131 Å². The smallest absolute Gasteiger partial charge is 0.325 e. The first-order chi connectivity index (χ1) is 11.0. The van der Waals surface area contributed by atoms with Crippen LogP contribution in [0.3, 0.4) is 0 Å². The topological polar surface area (TPSA) is 93.6 Å². The van der Waals surface area contributed by atoms with Gasteiger partial charge in [-0.3, -0.25) is 14.5 Å². The summed E-state index contributed by atoms with van der Waals surface area (Å²) in [7, 11) is 0. The number of aromatic amines is 1. The molecule has 0 spiro atoms. The maximum Gasteiger partial charge on any atom is 0.325 e. The summed E-state index contributed by atoms with van der Waals surface area (Å²) < 4.78 is 13.3. The molecule has 1 saturated heterocycles. The summed E-state index contributed by atoms with van der Waals surface area (Å²) in [5.74, 6) is -2.91. The number of halogens is 1. The molecule has 0 aliphatic carbocycles. The van der Waals surface area contributed by atoms with Gasteiger partial charge in [-0.25, -0.2) is 4.39 Å². The van der Waals surface area contributed by atoms with Gasteiger partial charge in [0.15, 0.2) is 0 Å². The van der Waals surface area contributed by atoms with E-state index >= 15 is 0 Å². The summed E-state index contributed by atoms with van der Waals surface area (Å²) in [6.07, 6.45) is 2.75. The molecule has 1 aliphatic rings. The third kappa shape index (κ3) is 2.92. The van der Waals surface area contributed by atoms with Gasteiger partial charge < -0.3 is 15.2 Å². The van der Waals surface area contributed by atoms with Crippen LogP contribution in [0, 0.1) is 11.7 Å². The highest BCUT2D eigenvalue weighted by atomic mass is 19.1. The van der Waals surface area contributed by atoms with Crippen LogP contribution >= 0.6 is 0 Å². The summed E-state index contributed by atoms with van der Waals surface area (Å²) in [5, 5.41) is 19.5. The number of fused-ring (bicyclic) bond motifs is 1. The Morgan fingerprint density at radius 2 is 2.13 bits per heavy atom. The number of hydrogen-bond acceptors (Lipinski definition) is 3. The van der Waals surface area contributed by atoms with Gasteiger partial charge in [0.1, 0.15) is 11.9 Å². The van der Waals surface area contributed by atoms with Crippen LogP contribution in [0.4, 0.5) is 4.39 Å². The summed E-state index contributed by atoms with van der Waals surface area (Å²) >= 11 is 0. The number of H-pyrrole nitrogens is 1. The molecule has 1 aromatic heterocycles. The van der Waals surface area contributed by atoms with Gasteiger partial charge in [-0.1, -0.05) is 0 Å². The number of nitrogens with zero attached hydrogens (tertiary/aromatic N) is 1. The Bertz CT molecular complexity index is 758. The predicted molar refractivity (Wildman–Crippen MR) is 80.6 cm³/mol. The van der Waals surface area contributed by atoms with Crippen molar-refractivity contribution < 1.29 is 24.2 Å². The van der Waals surface area contributed by atoms with Crippen LogP contribution in [0.1, 0.15) is 24.4 Å². The number of carbonyl (C=O) groups is 2. The van der Waals surface area contributed by atoms with Gasteiger partial charge in [0, 0.05) is 29.2 Å². The monoisotopic (exact) mass is 320 g/mol. The molecule has 2 heterocycles. The number of carboxylic acids is 2. The van der Waals surface area contributed by atoms with Crippen LogP contribution in [0.5, 0.6) is 0 Å². The number of likely N-dealkylation sites (tertiary alicyclic amines) is 1. The maximum atomic E-state index is 13.3. The Morgan fingerprint density at radius 1 is 1.35 bits per heavy atom. The minimum atomic E-state index is -1.04. The predicted octanol–water partition coefficient (Wildman–Crippen LogP) is 2.23. The average Bonchev–Trinajstić information content (AvgIpc) is 2.90. The summed E-state index contributed by atoms with van der Waals surface area (Å²) in [6.45, 7) is 0.717. The summed E-state index contributed by atoms with van der Waals surface area (Å²) in [6, 6.07) is 3.20. The first-order valence-electron chi connectivity index (χ1n) is 7.43. The molecule has 23 heavy (non-hydrogen) atoms. The highest BCUT2D eigenvalue weighted by molar-refractivity contribution is 5.89. The third-order valence-electron chi connectivity index (χ3n) is 4.37. The number of benzene rings is 1. The fraction of sp³-hybridized carbons (Fsp3) is 0.375. The largest absolute Gasteiger partial charge is 0.481 e. The second-order valence-corrected chi connectivity index (χ2v) is 5.85. The Balaban J connectivity index is 1.97. The van der Waals surface area contributed by atoms with Gasteiger partial charge in [-0.2, -0.15) is 0 Å². The molecule has 3 N–H and O–H groups in total. The molecule has 2 atom stereocenters. The fourth-order valence-corrected chi connectivity index (χ4v) is 3.28. The number of hydrogen-bond donors (Lipinski definition) is 3. The molecule has 2 unspecified atom stereocenters. The number of rotatable bonds is 4. The quantitative estimate of drug-likeness (QED) is 0.803. The molecule has 1 fully saturated rings. The van der Waals surface area contributed by atoms with Crippen molar-refractivity contribution in [1.29, 1.82) is 0 Å². The highest BCUT2D eigenvalue weighted by Gasteiger charge is 2.35. The summed E-state index contributed by atoms with van der Waals surface area (Å²) in [4.78, 5) is 27.6. The van der Waals surface area contributed by atoms with Crippen molar-refractivity contribution in [2.45, 2.75) is 18.9 Å². The first kappa shape index (κ1) is 15.5. The van der Waals surface area contributed by atoms with Crippen molar-refractivity contribution in [3.05, 3.63) is 35.8 Å². The molecule has 0 radical (unpaired) electrons. The lowest BCUT2D eigenvalue weighted by Gasteiger charge is -2.34. The highest BCUT2D eigenvalue weighted by Crippen LogP contribution is 2.32.